The monoisotopic (exact) mass is 261 g/mol. The highest BCUT2D eigenvalue weighted by molar-refractivity contribution is 5.87. The van der Waals surface area contributed by atoms with Gasteiger partial charge in [-0.2, -0.15) is 0 Å². The minimum atomic E-state index is -0.303. The van der Waals surface area contributed by atoms with Crippen molar-refractivity contribution in [2.24, 2.45) is 0 Å². The lowest BCUT2D eigenvalue weighted by Gasteiger charge is -2.06. The van der Waals surface area contributed by atoms with Gasteiger partial charge in [-0.1, -0.05) is 17.3 Å². The molecule has 0 saturated carbocycles. The van der Waals surface area contributed by atoms with Gasteiger partial charge in [0.15, 0.2) is 5.82 Å². The van der Waals surface area contributed by atoms with Crippen LogP contribution in [0, 0.1) is 0 Å². The molecule has 2 aromatic rings. The quantitative estimate of drug-likeness (QED) is 0.863. The van der Waals surface area contributed by atoms with Crippen molar-refractivity contribution in [2.45, 2.75) is 6.42 Å². The molecule has 0 bridgehead atoms. The van der Waals surface area contributed by atoms with E-state index in [4.69, 9.17) is 4.74 Å². The molecule has 0 aliphatic heterocycles. The van der Waals surface area contributed by atoms with E-state index < -0.39 is 0 Å². The second kappa shape index (κ2) is 6.44. The highest BCUT2D eigenvalue weighted by Gasteiger charge is 2.03. The van der Waals surface area contributed by atoms with Gasteiger partial charge in [-0.15, -0.1) is 0 Å². The molecule has 1 aromatic carbocycles. The Balaban J connectivity index is 1.72. The van der Waals surface area contributed by atoms with Crippen LogP contribution >= 0.6 is 0 Å². The first kappa shape index (κ1) is 12.9. The molecule has 0 atom stereocenters. The van der Waals surface area contributed by atoms with Gasteiger partial charge in [-0.3, -0.25) is 5.32 Å². The summed E-state index contributed by atoms with van der Waals surface area (Å²) in [5.41, 5.74) is 1.13. The zero-order valence-corrected chi connectivity index (χ0v) is 10.6. The normalized spacial score (nSPS) is 9.95. The third kappa shape index (κ3) is 4.02. The minimum absolute atomic E-state index is 0.303. The second-order valence-electron chi connectivity index (χ2n) is 3.86. The number of aromatic nitrogens is 1. The van der Waals surface area contributed by atoms with Crippen LogP contribution in [0.15, 0.2) is 41.1 Å². The molecule has 0 aliphatic rings. The number of hydrogen-bond acceptors (Lipinski definition) is 4. The molecule has 0 radical (unpaired) electrons. The summed E-state index contributed by atoms with van der Waals surface area (Å²) in [6.45, 7) is 0.538. The summed E-state index contributed by atoms with van der Waals surface area (Å²) < 4.78 is 9.68. The fraction of sp³-hybridized carbons (Fsp3) is 0.231. The van der Waals surface area contributed by atoms with Gasteiger partial charge in [0.1, 0.15) is 12.0 Å². The van der Waals surface area contributed by atoms with Crippen LogP contribution in [0.2, 0.25) is 0 Å². The number of amides is 2. The fourth-order valence-electron chi connectivity index (χ4n) is 1.55. The number of benzene rings is 1. The van der Waals surface area contributed by atoms with Crippen molar-refractivity contribution >= 4 is 11.8 Å². The predicted octanol–water partition coefficient (Wildman–Crippen LogP) is 2.05. The number of methoxy groups -OCH3 is 1. The summed E-state index contributed by atoms with van der Waals surface area (Å²) >= 11 is 0. The molecule has 0 spiro atoms. The van der Waals surface area contributed by atoms with E-state index in [-0.39, 0.29) is 6.03 Å². The number of anilines is 1. The van der Waals surface area contributed by atoms with Crippen LogP contribution in [0.1, 0.15) is 5.56 Å². The number of nitrogens with one attached hydrogen (secondary N) is 2. The van der Waals surface area contributed by atoms with E-state index in [2.05, 4.69) is 20.3 Å². The molecular formula is C13H15N3O3. The molecule has 2 rings (SSSR count). The van der Waals surface area contributed by atoms with Crippen molar-refractivity contribution in [3.05, 3.63) is 42.2 Å². The molecule has 0 aliphatic carbocycles. The maximum atomic E-state index is 11.5. The smallest absolute Gasteiger partial charge is 0.320 e. The number of ether oxygens (including phenoxy) is 1. The van der Waals surface area contributed by atoms with Crippen LogP contribution in [0.3, 0.4) is 0 Å². The molecule has 0 saturated heterocycles. The maximum Gasteiger partial charge on any atom is 0.320 e. The Kier molecular flexibility index (Phi) is 4.39. The minimum Gasteiger partial charge on any atom is -0.497 e. The Hall–Kier alpha value is -2.50. The maximum absolute atomic E-state index is 11.5. The number of carbonyl (C=O) groups is 1. The highest BCUT2D eigenvalue weighted by Crippen LogP contribution is 2.11. The Bertz CT molecular complexity index is 508. The fourth-order valence-corrected chi connectivity index (χ4v) is 1.55. The summed E-state index contributed by atoms with van der Waals surface area (Å²) in [5, 5.41) is 8.87. The number of hydrogen-bond donors (Lipinski definition) is 2. The molecule has 2 N–H and O–H groups in total. The lowest BCUT2D eigenvalue weighted by molar-refractivity contribution is 0.252. The SMILES string of the molecule is COc1ccc(CCNC(=O)Nc2ccon2)cc1. The van der Waals surface area contributed by atoms with Crippen molar-refractivity contribution in [3.8, 4) is 5.75 Å². The van der Waals surface area contributed by atoms with Gasteiger partial charge in [0, 0.05) is 12.6 Å². The van der Waals surface area contributed by atoms with Crippen LogP contribution < -0.4 is 15.4 Å². The number of urea groups is 1. The van der Waals surface area contributed by atoms with E-state index in [1.54, 1.807) is 13.2 Å². The van der Waals surface area contributed by atoms with Crippen LogP contribution in [0.25, 0.3) is 0 Å². The van der Waals surface area contributed by atoms with Gasteiger partial charge in [0.2, 0.25) is 0 Å². The van der Waals surface area contributed by atoms with Crippen LogP contribution in [0.4, 0.5) is 10.6 Å². The van der Waals surface area contributed by atoms with Crippen molar-refractivity contribution in [1.29, 1.82) is 0 Å². The van der Waals surface area contributed by atoms with E-state index >= 15 is 0 Å². The van der Waals surface area contributed by atoms with Gasteiger partial charge >= 0.3 is 6.03 Å². The summed E-state index contributed by atoms with van der Waals surface area (Å²) in [7, 11) is 1.63. The van der Waals surface area contributed by atoms with Crippen LogP contribution in [-0.2, 0) is 6.42 Å². The first-order chi connectivity index (χ1) is 9.28. The summed E-state index contributed by atoms with van der Waals surface area (Å²) in [6, 6.07) is 8.99. The Morgan fingerprint density at radius 2 is 2.11 bits per heavy atom. The molecule has 19 heavy (non-hydrogen) atoms. The molecule has 2 amide bonds. The zero-order valence-electron chi connectivity index (χ0n) is 10.6. The van der Waals surface area contributed by atoms with E-state index in [9.17, 15) is 4.79 Å². The Morgan fingerprint density at radius 3 is 2.74 bits per heavy atom. The number of nitrogens with zero attached hydrogens (tertiary/aromatic N) is 1. The van der Waals surface area contributed by atoms with Crippen molar-refractivity contribution in [2.75, 3.05) is 19.0 Å². The molecule has 1 heterocycles. The van der Waals surface area contributed by atoms with Gasteiger partial charge < -0.3 is 14.6 Å². The van der Waals surface area contributed by atoms with E-state index in [0.29, 0.717) is 12.4 Å². The molecule has 6 heteroatoms. The lowest BCUT2D eigenvalue weighted by atomic mass is 10.1. The average molecular weight is 261 g/mol. The second-order valence-corrected chi connectivity index (χ2v) is 3.86. The van der Waals surface area contributed by atoms with Crippen LogP contribution in [0.5, 0.6) is 5.75 Å². The third-order valence-corrected chi connectivity index (χ3v) is 2.54. The summed E-state index contributed by atoms with van der Waals surface area (Å²) in [5.74, 6) is 1.21. The lowest BCUT2D eigenvalue weighted by Crippen LogP contribution is -2.30. The molecular weight excluding hydrogens is 246 g/mol. The zero-order chi connectivity index (χ0) is 13.5. The van der Waals surface area contributed by atoms with Gasteiger partial charge in [-0.05, 0) is 24.1 Å². The van der Waals surface area contributed by atoms with Crippen molar-refractivity contribution < 1.29 is 14.1 Å². The number of rotatable bonds is 5. The Labute approximate surface area is 110 Å². The first-order valence-corrected chi connectivity index (χ1v) is 5.86. The molecule has 0 unspecified atom stereocenters. The van der Waals surface area contributed by atoms with Crippen molar-refractivity contribution in [3.63, 3.8) is 0 Å². The molecule has 100 valence electrons. The molecule has 0 fully saturated rings. The predicted molar refractivity (Wildman–Crippen MR) is 70.2 cm³/mol. The standard InChI is InChI=1S/C13H15N3O3/c1-18-11-4-2-10(3-5-11)6-8-14-13(17)15-12-7-9-19-16-12/h2-5,7,9H,6,8H2,1H3,(H2,14,15,16,17). The Morgan fingerprint density at radius 1 is 1.32 bits per heavy atom. The third-order valence-electron chi connectivity index (χ3n) is 2.54. The molecule has 6 nitrogen and oxygen atoms in total. The van der Waals surface area contributed by atoms with Gasteiger partial charge in [0.05, 0.1) is 7.11 Å². The molecule has 1 aromatic heterocycles. The average Bonchev–Trinajstić information content (AvgIpc) is 2.92. The topological polar surface area (TPSA) is 76.4 Å². The highest BCUT2D eigenvalue weighted by atomic mass is 16.5. The van der Waals surface area contributed by atoms with Crippen LogP contribution in [-0.4, -0.2) is 24.8 Å². The van der Waals surface area contributed by atoms with E-state index in [1.807, 2.05) is 24.3 Å². The van der Waals surface area contributed by atoms with Gasteiger partial charge in [0.25, 0.3) is 0 Å². The summed E-state index contributed by atoms with van der Waals surface area (Å²) in [6.07, 6.45) is 2.14. The largest absolute Gasteiger partial charge is 0.497 e. The van der Waals surface area contributed by atoms with Crippen molar-refractivity contribution in [1.82, 2.24) is 10.5 Å². The summed E-state index contributed by atoms with van der Waals surface area (Å²) in [4.78, 5) is 11.5. The van der Waals surface area contributed by atoms with E-state index in [0.717, 1.165) is 17.7 Å². The number of carbonyl (C=O) groups excluding carboxylic acids is 1. The first-order valence-electron chi connectivity index (χ1n) is 5.86. The van der Waals surface area contributed by atoms with Gasteiger partial charge in [-0.25, -0.2) is 4.79 Å². The van der Waals surface area contributed by atoms with E-state index in [1.165, 1.54) is 6.26 Å².